The third-order valence-electron chi connectivity index (χ3n) is 3.68. The summed E-state index contributed by atoms with van der Waals surface area (Å²) in [6, 6.07) is 9.88. The van der Waals surface area contributed by atoms with Gasteiger partial charge in [0, 0.05) is 26.2 Å². The van der Waals surface area contributed by atoms with Gasteiger partial charge in [0.05, 0.1) is 6.61 Å². The molecule has 0 spiro atoms. The van der Waals surface area contributed by atoms with Crippen LogP contribution in [0.5, 0.6) is 0 Å². The molecule has 0 bridgehead atoms. The minimum absolute atomic E-state index is 0.618. The van der Waals surface area contributed by atoms with Crippen LogP contribution in [0.25, 0.3) is 0 Å². The molecule has 100 valence electrons. The maximum Gasteiger partial charge on any atom is 0.0589 e. The smallest absolute Gasteiger partial charge is 0.0589 e. The average molecular weight is 247 g/mol. The van der Waals surface area contributed by atoms with Gasteiger partial charge in [0.2, 0.25) is 0 Å². The molecule has 18 heavy (non-hydrogen) atoms. The Bertz CT molecular complexity index is 354. The molecular weight excluding hydrogens is 222 g/mol. The molecule has 2 nitrogen and oxygen atoms in total. The minimum atomic E-state index is 0.618. The lowest BCUT2D eigenvalue weighted by Crippen LogP contribution is -2.29. The molecule has 0 atom stereocenters. The van der Waals surface area contributed by atoms with Gasteiger partial charge in [-0.1, -0.05) is 38.1 Å². The first kappa shape index (κ1) is 13.6. The van der Waals surface area contributed by atoms with Crippen molar-refractivity contribution in [2.24, 2.45) is 0 Å². The second-order valence-corrected chi connectivity index (χ2v) is 5.59. The highest BCUT2D eigenvalue weighted by Gasteiger charge is 2.28. The van der Waals surface area contributed by atoms with Gasteiger partial charge in [0.25, 0.3) is 0 Å². The third kappa shape index (κ3) is 3.82. The predicted molar refractivity (Wildman–Crippen MR) is 75.8 cm³/mol. The van der Waals surface area contributed by atoms with E-state index in [1.54, 1.807) is 7.11 Å². The van der Waals surface area contributed by atoms with Gasteiger partial charge in [-0.15, -0.1) is 0 Å². The predicted octanol–water partition coefficient (Wildman–Crippen LogP) is 3.42. The Morgan fingerprint density at radius 1 is 1.22 bits per heavy atom. The first-order valence-corrected chi connectivity index (χ1v) is 7.02. The van der Waals surface area contributed by atoms with Gasteiger partial charge in [-0.25, -0.2) is 0 Å². The van der Waals surface area contributed by atoms with Crippen LogP contribution in [-0.4, -0.2) is 31.2 Å². The summed E-state index contributed by atoms with van der Waals surface area (Å²) in [6.45, 7) is 7.42. The van der Waals surface area contributed by atoms with E-state index in [1.807, 2.05) is 0 Å². The lowest BCUT2D eigenvalue weighted by Gasteiger charge is -2.21. The summed E-state index contributed by atoms with van der Waals surface area (Å²) in [7, 11) is 1.78. The SMILES string of the molecule is COCCN(Cc1ccc(C(C)C)cc1)C1CC1. The van der Waals surface area contributed by atoms with Crippen LogP contribution in [0.3, 0.4) is 0 Å². The van der Waals surface area contributed by atoms with Crippen LogP contribution in [0.15, 0.2) is 24.3 Å². The quantitative estimate of drug-likeness (QED) is 0.732. The Labute approximate surface area is 111 Å². The fourth-order valence-corrected chi connectivity index (χ4v) is 2.28. The summed E-state index contributed by atoms with van der Waals surface area (Å²) >= 11 is 0. The van der Waals surface area contributed by atoms with E-state index >= 15 is 0 Å². The van der Waals surface area contributed by atoms with Crippen LogP contribution in [-0.2, 0) is 11.3 Å². The van der Waals surface area contributed by atoms with Crippen LogP contribution in [0, 0.1) is 0 Å². The summed E-state index contributed by atoms with van der Waals surface area (Å²) < 4.78 is 5.20. The first-order valence-electron chi connectivity index (χ1n) is 7.02. The summed E-state index contributed by atoms with van der Waals surface area (Å²) in [5.74, 6) is 0.618. The van der Waals surface area contributed by atoms with Gasteiger partial charge in [-0.2, -0.15) is 0 Å². The number of hydrogen-bond acceptors (Lipinski definition) is 2. The maximum absolute atomic E-state index is 5.20. The van der Waals surface area contributed by atoms with E-state index in [9.17, 15) is 0 Å². The monoisotopic (exact) mass is 247 g/mol. The molecule has 1 aromatic carbocycles. The normalized spacial score (nSPS) is 15.6. The van der Waals surface area contributed by atoms with Crippen molar-refractivity contribution >= 4 is 0 Å². The average Bonchev–Trinajstić information content (AvgIpc) is 3.19. The van der Waals surface area contributed by atoms with Crippen molar-refractivity contribution in [3.05, 3.63) is 35.4 Å². The minimum Gasteiger partial charge on any atom is -0.383 e. The second-order valence-electron chi connectivity index (χ2n) is 5.59. The number of nitrogens with zero attached hydrogens (tertiary/aromatic N) is 1. The molecule has 0 heterocycles. The highest BCUT2D eigenvalue weighted by atomic mass is 16.5. The molecule has 1 aliphatic rings. The number of hydrogen-bond donors (Lipinski definition) is 0. The molecule has 0 unspecified atom stereocenters. The van der Waals surface area contributed by atoms with Gasteiger partial charge in [0.1, 0.15) is 0 Å². The summed E-state index contributed by atoms with van der Waals surface area (Å²) in [4.78, 5) is 2.55. The topological polar surface area (TPSA) is 12.5 Å². The first-order chi connectivity index (χ1) is 8.70. The lowest BCUT2D eigenvalue weighted by atomic mass is 10.0. The molecule has 2 rings (SSSR count). The zero-order chi connectivity index (χ0) is 13.0. The summed E-state index contributed by atoms with van der Waals surface area (Å²) in [5, 5.41) is 0. The zero-order valence-corrected chi connectivity index (χ0v) is 11.9. The van der Waals surface area contributed by atoms with Crippen LogP contribution in [0.1, 0.15) is 43.7 Å². The van der Waals surface area contributed by atoms with Crippen molar-refractivity contribution in [3.8, 4) is 0 Å². The van der Waals surface area contributed by atoms with Crippen molar-refractivity contribution in [3.63, 3.8) is 0 Å². The van der Waals surface area contributed by atoms with E-state index in [-0.39, 0.29) is 0 Å². The van der Waals surface area contributed by atoms with E-state index in [0.29, 0.717) is 5.92 Å². The number of ether oxygens (including phenoxy) is 1. The van der Waals surface area contributed by atoms with E-state index < -0.39 is 0 Å². The molecule has 0 aromatic heterocycles. The Kier molecular flexibility index (Phi) is 4.79. The van der Waals surface area contributed by atoms with E-state index in [4.69, 9.17) is 4.74 Å². The van der Waals surface area contributed by atoms with E-state index in [0.717, 1.165) is 25.7 Å². The number of rotatable bonds is 7. The number of benzene rings is 1. The number of methoxy groups -OCH3 is 1. The van der Waals surface area contributed by atoms with Crippen molar-refractivity contribution < 1.29 is 4.74 Å². The Balaban J connectivity index is 1.93. The van der Waals surface area contributed by atoms with Crippen molar-refractivity contribution in [2.75, 3.05) is 20.3 Å². The highest BCUT2D eigenvalue weighted by molar-refractivity contribution is 5.24. The van der Waals surface area contributed by atoms with Gasteiger partial charge < -0.3 is 4.74 Å². The summed E-state index contributed by atoms with van der Waals surface area (Å²) in [5.41, 5.74) is 2.84. The molecule has 0 aliphatic heterocycles. The fourth-order valence-electron chi connectivity index (χ4n) is 2.28. The van der Waals surface area contributed by atoms with E-state index in [2.05, 4.69) is 43.0 Å². The molecule has 2 heteroatoms. The fraction of sp³-hybridized carbons (Fsp3) is 0.625. The van der Waals surface area contributed by atoms with Crippen LogP contribution >= 0.6 is 0 Å². The largest absolute Gasteiger partial charge is 0.383 e. The second kappa shape index (κ2) is 6.35. The molecule has 0 saturated heterocycles. The van der Waals surface area contributed by atoms with Gasteiger partial charge >= 0.3 is 0 Å². The van der Waals surface area contributed by atoms with Gasteiger partial charge in [-0.3, -0.25) is 4.90 Å². The zero-order valence-electron chi connectivity index (χ0n) is 11.9. The molecule has 1 aromatic rings. The van der Waals surface area contributed by atoms with Crippen LogP contribution in [0.4, 0.5) is 0 Å². The molecule has 1 saturated carbocycles. The van der Waals surface area contributed by atoms with Gasteiger partial charge in [-0.05, 0) is 29.9 Å². The maximum atomic E-state index is 5.20. The highest BCUT2D eigenvalue weighted by Crippen LogP contribution is 2.28. The Morgan fingerprint density at radius 3 is 2.39 bits per heavy atom. The molecule has 1 fully saturated rings. The molecule has 1 aliphatic carbocycles. The Hall–Kier alpha value is -0.860. The summed E-state index contributed by atoms with van der Waals surface area (Å²) in [6.07, 6.45) is 2.71. The van der Waals surface area contributed by atoms with Crippen molar-refractivity contribution in [2.45, 2.75) is 45.2 Å². The Morgan fingerprint density at radius 2 is 1.89 bits per heavy atom. The van der Waals surface area contributed by atoms with Crippen molar-refractivity contribution in [1.82, 2.24) is 4.90 Å². The lowest BCUT2D eigenvalue weighted by molar-refractivity contribution is 0.139. The van der Waals surface area contributed by atoms with E-state index in [1.165, 1.54) is 24.0 Å². The molecule has 0 N–H and O–H groups in total. The molecular formula is C16H25NO. The van der Waals surface area contributed by atoms with Gasteiger partial charge in [0.15, 0.2) is 0 Å². The van der Waals surface area contributed by atoms with Crippen molar-refractivity contribution in [1.29, 1.82) is 0 Å². The third-order valence-corrected chi connectivity index (χ3v) is 3.68. The molecule has 0 amide bonds. The van der Waals surface area contributed by atoms with Crippen LogP contribution < -0.4 is 0 Å². The van der Waals surface area contributed by atoms with Crippen LogP contribution in [0.2, 0.25) is 0 Å². The molecule has 0 radical (unpaired) electrons. The standard InChI is InChI=1S/C16H25NO/c1-13(2)15-6-4-14(5-7-15)12-17(10-11-18-3)16-8-9-16/h4-7,13,16H,8-12H2,1-3H3.